The number of hydrogen-bond donors (Lipinski definition) is 1. The van der Waals surface area contributed by atoms with Crippen molar-refractivity contribution in [3.8, 4) is 5.69 Å². The van der Waals surface area contributed by atoms with Crippen molar-refractivity contribution in [3.05, 3.63) is 52.8 Å². The van der Waals surface area contributed by atoms with Crippen LogP contribution in [0, 0.1) is 0 Å². The average Bonchev–Trinajstić information content (AvgIpc) is 2.78. The summed E-state index contributed by atoms with van der Waals surface area (Å²) >= 11 is 3.26. The van der Waals surface area contributed by atoms with Gasteiger partial charge in [-0.25, -0.2) is 4.98 Å². The third-order valence-electron chi connectivity index (χ3n) is 3.02. The lowest BCUT2D eigenvalue weighted by molar-refractivity contribution is -0.145. The van der Waals surface area contributed by atoms with Gasteiger partial charge in [0, 0.05) is 15.8 Å². The Hall–Kier alpha value is -2.02. The van der Waals surface area contributed by atoms with Crippen LogP contribution in [-0.2, 0) is 6.18 Å². The first-order valence-corrected chi connectivity index (χ1v) is 6.77. The molecule has 0 aliphatic heterocycles. The van der Waals surface area contributed by atoms with Crippen LogP contribution in [0.3, 0.4) is 0 Å². The van der Waals surface area contributed by atoms with E-state index in [1.165, 1.54) is 12.1 Å². The Morgan fingerprint density at radius 2 is 1.71 bits per heavy atom. The standard InChI is InChI=1S/C14H9BrF3N3/c15-8-1-4-10(5-2-8)21-12-6-3-9(19)7-11(12)20-13(21)14(16,17)18/h1-7H,19H2. The van der Waals surface area contributed by atoms with E-state index < -0.39 is 12.0 Å². The van der Waals surface area contributed by atoms with Gasteiger partial charge < -0.3 is 5.73 Å². The molecule has 1 heterocycles. The van der Waals surface area contributed by atoms with Crippen LogP contribution in [0.5, 0.6) is 0 Å². The van der Waals surface area contributed by atoms with Crippen molar-refractivity contribution >= 4 is 32.7 Å². The van der Waals surface area contributed by atoms with Crippen molar-refractivity contribution in [2.75, 3.05) is 5.73 Å². The van der Waals surface area contributed by atoms with Crippen LogP contribution in [0.2, 0.25) is 0 Å². The number of hydrogen-bond acceptors (Lipinski definition) is 2. The molecule has 0 atom stereocenters. The van der Waals surface area contributed by atoms with Gasteiger partial charge in [-0.2, -0.15) is 13.2 Å². The highest BCUT2D eigenvalue weighted by Gasteiger charge is 2.38. The smallest absolute Gasteiger partial charge is 0.399 e. The van der Waals surface area contributed by atoms with Crippen molar-refractivity contribution < 1.29 is 13.2 Å². The van der Waals surface area contributed by atoms with Crippen molar-refractivity contribution in [1.82, 2.24) is 9.55 Å². The molecule has 3 aromatic rings. The minimum Gasteiger partial charge on any atom is -0.399 e. The molecule has 0 spiro atoms. The Bertz CT molecular complexity index is 807. The van der Waals surface area contributed by atoms with Crippen molar-refractivity contribution in [2.45, 2.75) is 6.18 Å². The summed E-state index contributed by atoms with van der Waals surface area (Å²) in [7, 11) is 0. The fraction of sp³-hybridized carbons (Fsp3) is 0.0714. The minimum absolute atomic E-state index is 0.213. The molecule has 0 unspecified atom stereocenters. The molecule has 0 saturated heterocycles. The fourth-order valence-electron chi connectivity index (χ4n) is 2.14. The Morgan fingerprint density at radius 1 is 1.05 bits per heavy atom. The summed E-state index contributed by atoms with van der Waals surface area (Å²) in [4.78, 5) is 3.69. The van der Waals surface area contributed by atoms with Crippen molar-refractivity contribution in [2.24, 2.45) is 0 Å². The molecule has 2 N–H and O–H groups in total. The number of benzene rings is 2. The maximum absolute atomic E-state index is 13.2. The van der Waals surface area contributed by atoms with Crippen molar-refractivity contribution in [3.63, 3.8) is 0 Å². The molecule has 0 saturated carbocycles. The van der Waals surface area contributed by atoms with Crippen LogP contribution >= 0.6 is 15.9 Å². The second-order valence-corrected chi connectivity index (χ2v) is 5.41. The quantitative estimate of drug-likeness (QED) is 0.658. The van der Waals surface area contributed by atoms with Gasteiger partial charge in [0.2, 0.25) is 5.82 Å². The zero-order valence-corrected chi connectivity index (χ0v) is 12.1. The Balaban J connectivity index is 2.35. The van der Waals surface area contributed by atoms with Gasteiger partial charge in [0.25, 0.3) is 0 Å². The Kier molecular flexibility index (Phi) is 3.16. The third kappa shape index (κ3) is 2.49. The van der Waals surface area contributed by atoms with E-state index in [-0.39, 0.29) is 5.52 Å². The predicted octanol–water partition coefficient (Wildman–Crippen LogP) is 4.39. The zero-order chi connectivity index (χ0) is 15.2. The van der Waals surface area contributed by atoms with E-state index in [2.05, 4.69) is 20.9 Å². The maximum atomic E-state index is 13.2. The molecule has 2 aromatic carbocycles. The topological polar surface area (TPSA) is 43.8 Å². The van der Waals surface area contributed by atoms with Crippen molar-refractivity contribution in [1.29, 1.82) is 0 Å². The molecule has 0 aliphatic rings. The fourth-order valence-corrected chi connectivity index (χ4v) is 2.40. The lowest BCUT2D eigenvalue weighted by Crippen LogP contribution is -2.13. The van der Waals surface area contributed by atoms with Gasteiger partial charge in [0.15, 0.2) is 0 Å². The largest absolute Gasteiger partial charge is 0.450 e. The molecule has 7 heteroatoms. The van der Waals surface area contributed by atoms with E-state index in [0.717, 1.165) is 9.04 Å². The first kappa shape index (κ1) is 13.9. The number of nitrogens with two attached hydrogens (primary N) is 1. The monoisotopic (exact) mass is 355 g/mol. The molecular formula is C14H9BrF3N3. The van der Waals surface area contributed by atoms with Crippen LogP contribution in [0.1, 0.15) is 5.82 Å². The van der Waals surface area contributed by atoms with Crippen LogP contribution in [0.4, 0.5) is 18.9 Å². The number of anilines is 1. The molecule has 0 amide bonds. The van der Waals surface area contributed by atoms with E-state index in [0.29, 0.717) is 16.9 Å². The number of alkyl halides is 3. The number of fused-ring (bicyclic) bond motifs is 1. The van der Waals surface area contributed by atoms with Gasteiger partial charge in [-0.05, 0) is 42.5 Å². The van der Waals surface area contributed by atoms with Gasteiger partial charge in [0.05, 0.1) is 11.0 Å². The first-order chi connectivity index (χ1) is 9.86. The highest BCUT2D eigenvalue weighted by Crippen LogP contribution is 2.34. The molecular weight excluding hydrogens is 347 g/mol. The van der Waals surface area contributed by atoms with Crippen LogP contribution in [-0.4, -0.2) is 9.55 Å². The van der Waals surface area contributed by atoms with E-state index in [9.17, 15) is 13.2 Å². The number of nitrogens with zero attached hydrogens (tertiary/aromatic N) is 2. The maximum Gasteiger partial charge on any atom is 0.450 e. The van der Waals surface area contributed by atoms with E-state index in [4.69, 9.17) is 5.73 Å². The highest BCUT2D eigenvalue weighted by atomic mass is 79.9. The van der Waals surface area contributed by atoms with Crippen LogP contribution < -0.4 is 5.73 Å². The number of halogens is 4. The number of nitrogen functional groups attached to an aromatic ring is 1. The Labute approximate surface area is 126 Å². The molecule has 0 radical (unpaired) electrons. The highest BCUT2D eigenvalue weighted by molar-refractivity contribution is 9.10. The lowest BCUT2D eigenvalue weighted by Gasteiger charge is -2.11. The summed E-state index contributed by atoms with van der Waals surface area (Å²) in [5.41, 5.74) is 6.95. The second-order valence-electron chi connectivity index (χ2n) is 4.49. The molecule has 0 bridgehead atoms. The van der Waals surface area contributed by atoms with Gasteiger partial charge in [-0.1, -0.05) is 15.9 Å². The molecule has 0 fully saturated rings. The molecule has 108 valence electrons. The minimum atomic E-state index is -4.55. The molecule has 3 rings (SSSR count). The van der Waals surface area contributed by atoms with Gasteiger partial charge >= 0.3 is 6.18 Å². The SMILES string of the molecule is Nc1ccc2c(c1)nc(C(F)(F)F)n2-c1ccc(Br)cc1. The van der Waals surface area contributed by atoms with Gasteiger partial charge in [-0.3, -0.25) is 4.57 Å². The van der Waals surface area contributed by atoms with E-state index >= 15 is 0 Å². The van der Waals surface area contributed by atoms with Crippen LogP contribution in [0.25, 0.3) is 16.7 Å². The molecule has 21 heavy (non-hydrogen) atoms. The number of aromatic nitrogens is 2. The second kappa shape index (κ2) is 4.77. The summed E-state index contributed by atoms with van der Waals surface area (Å²) < 4.78 is 41.6. The summed E-state index contributed by atoms with van der Waals surface area (Å²) in [6.45, 7) is 0. The van der Waals surface area contributed by atoms with Gasteiger partial charge in [0.1, 0.15) is 0 Å². The predicted molar refractivity (Wildman–Crippen MR) is 78.2 cm³/mol. The number of imidazole rings is 1. The Morgan fingerprint density at radius 3 is 2.33 bits per heavy atom. The summed E-state index contributed by atoms with van der Waals surface area (Å²) in [5, 5.41) is 0. The van der Waals surface area contributed by atoms with Crippen LogP contribution in [0.15, 0.2) is 46.9 Å². The van der Waals surface area contributed by atoms with E-state index in [1.54, 1.807) is 30.3 Å². The molecule has 0 aliphatic carbocycles. The number of rotatable bonds is 1. The summed E-state index contributed by atoms with van der Waals surface area (Å²) in [6, 6.07) is 11.1. The molecule has 1 aromatic heterocycles. The summed E-state index contributed by atoms with van der Waals surface area (Å²) in [6.07, 6.45) is -4.55. The van der Waals surface area contributed by atoms with E-state index in [1.807, 2.05) is 0 Å². The average molecular weight is 356 g/mol. The van der Waals surface area contributed by atoms with Gasteiger partial charge in [-0.15, -0.1) is 0 Å². The summed E-state index contributed by atoms with van der Waals surface area (Å²) in [5.74, 6) is -0.967. The lowest BCUT2D eigenvalue weighted by atomic mass is 10.2. The third-order valence-corrected chi connectivity index (χ3v) is 3.55. The first-order valence-electron chi connectivity index (χ1n) is 5.97. The molecule has 3 nitrogen and oxygen atoms in total. The zero-order valence-electron chi connectivity index (χ0n) is 10.5. The normalized spacial score (nSPS) is 12.0.